The predicted octanol–water partition coefficient (Wildman–Crippen LogP) is 2.97. The van der Waals surface area contributed by atoms with Crippen LogP contribution in [0.15, 0.2) is 42.6 Å². The average Bonchev–Trinajstić information content (AvgIpc) is 2.71. The Labute approximate surface area is 181 Å². The minimum atomic E-state index is -3.54. The van der Waals surface area contributed by atoms with Gasteiger partial charge in [-0.1, -0.05) is 6.07 Å². The Hall–Kier alpha value is -3.47. The molecule has 11 heteroatoms. The Balaban J connectivity index is 1.98. The van der Waals surface area contributed by atoms with Crippen LogP contribution >= 0.6 is 0 Å². The number of benzene rings is 2. The van der Waals surface area contributed by atoms with Crippen molar-refractivity contribution in [1.82, 2.24) is 4.90 Å². The second-order valence-electron chi connectivity index (χ2n) is 6.57. The van der Waals surface area contributed by atoms with Crippen LogP contribution in [0.1, 0.15) is 5.56 Å². The van der Waals surface area contributed by atoms with Gasteiger partial charge in [-0.2, -0.15) is 0 Å². The first-order valence-electron chi connectivity index (χ1n) is 9.12. The van der Waals surface area contributed by atoms with E-state index in [0.29, 0.717) is 18.0 Å². The zero-order chi connectivity index (χ0) is 23.0. The Kier molecular flexibility index (Phi) is 8.08. The van der Waals surface area contributed by atoms with E-state index in [9.17, 15) is 18.5 Å². The van der Waals surface area contributed by atoms with Crippen LogP contribution < -0.4 is 18.9 Å². The molecule has 0 unspecified atom stereocenters. The fraction of sp³-hybridized carbons (Fsp3) is 0.300. The molecule has 0 atom stereocenters. The van der Waals surface area contributed by atoms with Crippen LogP contribution in [0.2, 0.25) is 0 Å². The van der Waals surface area contributed by atoms with E-state index in [-0.39, 0.29) is 23.7 Å². The van der Waals surface area contributed by atoms with Crippen molar-refractivity contribution in [2.75, 3.05) is 45.4 Å². The summed E-state index contributed by atoms with van der Waals surface area (Å²) in [5.74, 6) is 1.32. The number of nitro benzene ring substituents is 1. The third kappa shape index (κ3) is 7.37. The molecule has 0 aliphatic rings. The molecule has 0 radical (unpaired) electrons. The number of nitrogens with one attached hydrogen (secondary N) is 1. The van der Waals surface area contributed by atoms with Crippen molar-refractivity contribution in [2.45, 2.75) is 0 Å². The van der Waals surface area contributed by atoms with Gasteiger partial charge in [0.2, 0.25) is 10.0 Å². The topological polar surface area (TPSA) is 120 Å². The highest BCUT2D eigenvalue weighted by Crippen LogP contribution is 2.30. The minimum Gasteiger partial charge on any atom is -0.493 e. The SMILES string of the molecule is COc1ccc(C=CN(C)CCOc2ccc(NS(C)(=O)=O)cc2[N+](=O)[O-])cc1OC. The lowest BCUT2D eigenvalue weighted by atomic mass is 10.2. The number of likely N-dealkylation sites (N-methyl/N-ethyl adjacent to an activating group) is 1. The zero-order valence-corrected chi connectivity index (χ0v) is 18.5. The molecule has 0 heterocycles. The number of anilines is 1. The Morgan fingerprint density at radius 2 is 1.77 bits per heavy atom. The van der Waals surface area contributed by atoms with Gasteiger partial charge in [0.25, 0.3) is 0 Å². The molecule has 168 valence electrons. The molecule has 0 amide bonds. The first-order valence-corrected chi connectivity index (χ1v) is 11.0. The third-order valence-electron chi connectivity index (χ3n) is 4.09. The average molecular weight is 452 g/mol. The number of nitro groups is 1. The van der Waals surface area contributed by atoms with Gasteiger partial charge in [0.15, 0.2) is 17.2 Å². The molecule has 10 nitrogen and oxygen atoms in total. The molecule has 0 aromatic heterocycles. The first kappa shape index (κ1) is 23.8. The molecule has 0 spiro atoms. The van der Waals surface area contributed by atoms with E-state index in [2.05, 4.69) is 4.72 Å². The van der Waals surface area contributed by atoms with Crippen molar-refractivity contribution in [3.8, 4) is 17.2 Å². The van der Waals surface area contributed by atoms with Crippen molar-refractivity contribution in [2.24, 2.45) is 0 Å². The van der Waals surface area contributed by atoms with Crippen LogP contribution in [0.4, 0.5) is 11.4 Å². The van der Waals surface area contributed by atoms with Gasteiger partial charge < -0.3 is 19.1 Å². The summed E-state index contributed by atoms with van der Waals surface area (Å²) < 4.78 is 40.9. The van der Waals surface area contributed by atoms with E-state index in [0.717, 1.165) is 17.9 Å². The molecule has 2 aromatic carbocycles. The zero-order valence-electron chi connectivity index (χ0n) is 17.7. The van der Waals surface area contributed by atoms with Crippen LogP contribution in [-0.2, 0) is 10.0 Å². The number of nitrogens with zero attached hydrogens (tertiary/aromatic N) is 2. The molecule has 2 aromatic rings. The summed E-state index contributed by atoms with van der Waals surface area (Å²) >= 11 is 0. The van der Waals surface area contributed by atoms with E-state index in [1.165, 1.54) is 12.1 Å². The second kappa shape index (κ2) is 10.5. The van der Waals surface area contributed by atoms with Gasteiger partial charge in [-0.05, 0) is 42.1 Å². The molecule has 0 fully saturated rings. The number of sulfonamides is 1. The van der Waals surface area contributed by atoms with Crippen LogP contribution in [0, 0.1) is 10.1 Å². The maximum Gasteiger partial charge on any atom is 0.313 e. The normalized spacial score (nSPS) is 11.2. The van der Waals surface area contributed by atoms with E-state index in [1.54, 1.807) is 14.2 Å². The number of hydrogen-bond acceptors (Lipinski definition) is 8. The van der Waals surface area contributed by atoms with Crippen molar-refractivity contribution in [1.29, 1.82) is 0 Å². The fourth-order valence-electron chi connectivity index (χ4n) is 2.60. The number of methoxy groups -OCH3 is 2. The summed E-state index contributed by atoms with van der Waals surface area (Å²) in [4.78, 5) is 12.5. The summed E-state index contributed by atoms with van der Waals surface area (Å²) in [5, 5.41) is 11.3. The Bertz CT molecular complexity index is 1050. The maximum atomic E-state index is 11.3. The molecule has 0 bridgehead atoms. The number of rotatable bonds is 11. The fourth-order valence-corrected chi connectivity index (χ4v) is 3.16. The van der Waals surface area contributed by atoms with Crippen LogP contribution in [0.5, 0.6) is 17.2 Å². The second-order valence-corrected chi connectivity index (χ2v) is 8.32. The van der Waals surface area contributed by atoms with Gasteiger partial charge in [0.1, 0.15) is 6.61 Å². The molecular weight excluding hydrogens is 426 g/mol. The van der Waals surface area contributed by atoms with Crippen molar-refractivity contribution >= 4 is 27.5 Å². The van der Waals surface area contributed by atoms with Crippen molar-refractivity contribution < 1.29 is 27.6 Å². The number of ether oxygens (including phenoxy) is 3. The Morgan fingerprint density at radius 3 is 2.39 bits per heavy atom. The van der Waals surface area contributed by atoms with E-state index >= 15 is 0 Å². The van der Waals surface area contributed by atoms with Gasteiger partial charge in [0.05, 0.1) is 37.6 Å². The van der Waals surface area contributed by atoms with E-state index in [1.807, 2.05) is 42.4 Å². The maximum absolute atomic E-state index is 11.3. The number of hydrogen-bond donors (Lipinski definition) is 1. The molecule has 1 N–H and O–H groups in total. The van der Waals surface area contributed by atoms with E-state index in [4.69, 9.17) is 14.2 Å². The monoisotopic (exact) mass is 451 g/mol. The highest BCUT2D eigenvalue weighted by atomic mass is 32.2. The minimum absolute atomic E-state index is 0.0568. The van der Waals surface area contributed by atoms with Gasteiger partial charge in [-0.15, -0.1) is 0 Å². The van der Waals surface area contributed by atoms with Gasteiger partial charge in [0, 0.05) is 13.1 Å². The van der Waals surface area contributed by atoms with Crippen LogP contribution in [0.3, 0.4) is 0 Å². The third-order valence-corrected chi connectivity index (χ3v) is 4.70. The summed E-state index contributed by atoms with van der Waals surface area (Å²) in [5.41, 5.74) is 0.684. The summed E-state index contributed by atoms with van der Waals surface area (Å²) in [6, 6.07) is 9.43. The van der Waals surface area contributed by atoms with Gasteiger partial charge in [-0.25, -0.2) is 8.42 Å². The smallest absolute Gasteiger partial charge is 0.313 e. The standard InChI is InChI=1S/C20H25N3O7S/c1-22(10-9-15-5-7-19(28-2)20(13-15)29-3)11-12-30-18-8-6-16(21-31(4,26)27)14-17(18)23(24)25/h5-10,13-14,21H,11-12H2,1-4H3. The molecule has 0 aliphatic heterocycles. The van der Waals surface area contributed by atoms with E-state index < -0.39 is 14.9 Å². The van der Waals surface area contributed by atoms with Crippen molar-refractivity contribution in [3.05, 3.63) is 58.3 Å². The highest BCUT2D eigenvalue weighted by molar-refractivity contribution is 7.92. The lowest BCUT2D eigenvalue weighted by molar-refractivity contribution is -0.385. The lowest BCUT2D eigenvalue weighted by Gasteiger charge is -2.15. The van der Waals surface area contributed by atoms with Crippen LogP contribution in [-0.4, -0.2) is 58.9 Å². The van der Waals surface area contributed by atoms with Crippen molar-refractivity contribution in [3.63, 3.8) is 0 Å². The quantitative estimate of drug-likeness (QED) is 0.409. The molecule has 0 saturated heterocycles. The molecule has 0 aliphatic carbocycles. The summed E-state index contributed by atoms with van der Waals surface area (Å²) in [7, 11) is 1.44. The summed E-state index contributed by atoms with van der Waals surface area (Å²) in [6.07, 6.45) is 4.70. The molecule has 0 saturated carbocycles. The Morgan fingerprint density at radius 1 is 1.10 bits per heavy atom. The largest absolute Gasteiger partial charge is 0.493 e. The highest BCUT2D eigenvalue weighted by Gasteiger charge is 2.17. The molecule has 2 rings (SSSR count). The predicted molar refractivity (Wildman–Crippen MR) is 118 cm³/mol. The lowest BCUT2D eigenvalue weighted by Crippen LogP contribution is -2.19. The molecular formula is C20H25N3O7S. The molecule has 31 heavy (non-hydrogen) atoms. The van der Waals surface area contributed by atoms with Gasteiger partial charge in [-0.3, -0.25) is 14.8 Å². The van der Waals surface area contributed by atoms with Gasteiger partial charge >= 0.3 is 5.69 Å². The summed E-state index contributed by atoms with van der Waals surface area (Å²) in [6.45, 7) is 0.650. The van der Waals surface area contributed by atoms with Crippen LogP contribution in [0.25, 0.3) is 6.08 Å². The first-order chi connectivity index (χ1) is 14.6.